The summed E-state index contributed by atoms with van der Waals surface area (Å²) in [4.78, 5) is 26.8. The fourth-order valence-electron chi connectivity index (χ4n) is 4.24. The van der Waals surface area contributed by atoms with Crippen molar-refractivity contribution in [1.82, 2.24) is 19.8 Å². The van der Waals surface area contributed by atoms with Gasteiger partial charge < -0.3 is 10.2 Å². The number of carbonyl (C=O) groups excluding carboxylic acids is 2. The number of benzene rings is 1. The number of piperazine rings is 1. The van der Waals surface area contributed by atoms with Gasteiger partial charge in [-0.3, -0.25) is 14.9 Å². The SMILES string of the molecule is N#CC1(NC(=O)C(CS(=O)(=O)N2CCN(C(=O)C3CC3)CC2)N[C@H](c2ccc(F)cc2)C(F)(F)F)CC1. The molecule has 37 heavy (non-hydrogen) atoms. The van der Waals surface area contributed by atoms with E-state index in [-0.39, 0.29) is 38.0 Å². The molecule has 202 valence electrons. The van der Waals surface area contributed by atoms with Gasteiger partial charge in [0, 0.05) is 32.1 Å². The van der Waals surface area contributed by atoms with E-state index in [1.165, 1.54) is 0 Å². The summed E-state index contributed by atoms with van der Waals surface area (Å²) in [5.74, 6) is -2.87. The number of rotatable bonds is 9. The number of halogens is 4. The Bertz CT molecular complexity index is 1170. The molecule has 1 aromatic carbocycles. The van der Waals surface area contributed by atoms with Gasteiger partial charge in [-0.2, -0.15) is 22.7 Å². The Labute approximate surface area is 211 Å². The first-order valence-electron chi connectivity index (χ1n) is 11.9. The summed E-state index contributed by atoms with van der Waals surface area (Å²) in [6.45, 7) is 0.212. The normalized spacial score (nSPS) is 21.5. The molecule has 2 N–H and O–H groups in total. The van der Waals surface area contributed by atoms with Crippen molar-refractivity contribution in [2.45, 2.75) is 49.5 Å². The molecule has 2 aliphatic carbocycles. The first kappa shape index (κ1) is 27.3. The van der Waals surface area contributed by atoms with Gasteiger partial charge in [0.2, 0.25) is 21.8 Å². The fraction of sp³-hybridized carbons (Fsp3) is 0.609. The van der Waals surface area contributed by atoms with Crippen LogP contribution in [0, 0.1) is 23.1 Å². The summed E-state index contributed by atoms with van der Waals surface area (Å²) in [6, 6.07) is 1.03. The maximum Gasteiger partial charge on any atom is 0.407 e. The van der Waals surface area contributed by atoms with Crippen molar-refractivity contribution in [1.29, 1.82) is 5.26 Å². The average molecular weight is 546 g/mol. The summed E-state index contributed by atoms with van der Waals surface area (Å²) in [6.07, 6.45) is -2.74. The minimum Gasteiger partial charge on any atom is -0.340 e. The smallest absolute Gasteiger partial charge is 0.340 e. The maximum atomic E-state index is 14.0. The third-order valence-corrected chi connectivity index (χ3v) is 8.70. The van der Waals surface area contributed by atoms with Gasteiger partial charge in [-0.05, 0) is 43.4 Å². The molecule has 1 aromatic rings. The molecule has 2 amide bonds. The minimum absolute atomic E-state index is 0.0268. The van der Waals surface area contributed by atoms with E-state index < -0.39 is 56.9 Å². The third kappa shape index (κ3) is 6.58. The molecule has 1 saturated heterocycles. The van der Waals surface area contributed by atoms with Crippen LogP contribution in [0.1, 0.15) is 37.3 Å². The summed E-state index contributed by atoms with van der Waals surface area (Å²) in [5.41, 5.74) is -1.64. The maximum absolute atomic E-state index is 14.0. The lowest BCUT2D eigenvalue weighted by Crippen LogP contribution is -2.57. The topological polar surface area (TPSA) is 123 Å². The van der Waals surface area contributed by atoms with E-state index in [9.17, 15) is 40.8 Å². The highest BCUT2D eigenvalue weighted by molar-refractivity contribution is 7.89. The zero-order chi connectivity index (χ0) is 27.0. The Hall–Kier alpha value is -2.76. The number of nitrogens with zero attached hydrogens (tertiary/aromatic N) is 3. The van der Waals surface area contributed by atoms with Crippen LogP contribution in [0.3, 0.4) is 0 Å². The predicted molar refractivity (Wildman–Crippen MR) is 123 cm³/mol. The largest absolute Gasteiger partial charge is 0.407 e. The lowest BCUT2D eigenvalue weighted by molar-refractivity contribution is -0.160. The number of amides is 2. The van der Waals surface area contributed by atoms with Crippen LogP contribution in [-0.2, 0) is 19.6 Å². The minimum atomic E-state index is -4.94. The summed E-state index contributed by atoms with van der Waals surface area (Å²) >= 11 is 0. The van der Waals surface area contributed by atoms with E-state index in [0.29, 0.717) is 12.8 Å². The standard InChI is InChI=1S/C23H27F4N5O4S/c24-17-5-3-15(4-6-17)19(23(25,26)27)29-18(20(33)30-22(14-28)7-8-22)13-37(35,36)32-11-9-31(10-12-32)21(34)16-1-2-16/h3-6,16,18-19,29H,1-2,7-13H2,(H,30,33)/t18?,19-/m1/s1. The molecule has 9 nitrogen and oxygen atoms in total. The first-order valence-corrected chi connectivity index (χ1v) is 13.5. The van der Waals surface area contributed by atoms with Crippen LogP contribution < -0.4 is 10.6 Å². The Morgan fingerprint density at radius 1 is 1.11 bits per heavy atom. The highest BCUT2D eigenvalue weighted by atomic mass is 32.2. The van der Waals surface area contributed by atoms with Gasteiger partial charge in [-0.1, -0.05) is 12.1 Å². The van der Waals surface area contributed by atoms with Gasteiger partial charge in [0.1, 0.15) is 23.4 Å². The van der Waals surface area contributed by atoms with E-state index in [0.717, 1.165) is 41.4 Å². The van der Waals surface area contributed by atoms with Gasteiger partial charge in [0.25, 0.3) is 0 Å². The van der Waals surface area contributed by atoms with Gasteiger partial charge in [0.05, 0.1) is 11.8 Å². The molecule has 14 heteroatoms. The van der Waals surface area contributed by atoms with Crippen molar-refractivity contribution >= 4 is 21.8 Å². The van der Waals surface area contributed by atoms with E-state index in [1.807, 2.05) is 6.07 Å². The van der Waals surface area contributed by atoms with E-state index in [1.54, 1.807) is 4.90 Å². The van der Waals surface area contributed by atoms with Crippen LogP contribution in [0.5, 0.6) is 0 Å². The zero-order valence-corrected chi connectivity index (χ0v) is 20.6. The highest BCUT2D eigenvalue weighted by Gasteiger charge is 2.48. The molecule has 2 saturated carbocycles. The van der Waals surface area contributed by atoms with Crippen LogP contribution >= 0.6 is 0 Å². The monoisotopic (exact) mass is 545 g/mol. The van der Waals surface area contributed by atoms with Crippen molar-refractivity contribution in [3.05, 3.63) is 35.6 Å². The molecule has 1 unspecified atom stereocenters. The zero-order valence-electron chi connectivity index (χ0n) is 19.8. The highest BCUT2D eigenvalue weighted by Crippen LogP contribution is 2.36. The van der Waals surface area contributed by atoms with Gasteiger partial charge in [-0.15, -0.1) is 0 Å². The van der Waals surface area contributed by atoms with Crippen LogP contribution in [0.25, 0.3) is 0 Å². The Morgan fingerprint density at radius 2 is 1.70 bits per heavy atom. The van der Waals surface area contributed by atoms with Crippen LogP contribution in [0.2, 0.25) is 0 Å². The number of carbonyl (C=O) groups is 2. The van der Waals surface area contributed by atoms with Crippen molar-refractivity contribution in [3.63, 3.8) is 0 Å². The summed E-state index contributed by atoms with van der Waals surface area (Å²) in [7, 11) is -4.24. The molecule has 0 radical (unpaired) electrons. The molecular formula is C23H27F4N5O4S. The second-order valence-electron chi connectivity index (χ2n) is 9.71. The molecule has 1 aliphatic heterocycles. The number of nitrogens with one attached hydrogen (secondary N) is 2. The predicted octanol–water partition coefficient (Wildman–Crippen LogP) is 1.44. The molecule has 3 fully saturated rings. The number of alkyl halides is 3. The number of hydrogen-bond donors (Lipinski definition) is 2. The molecule has 0 spiro atoms. The molecule has 0 aromatic heterocycles. The Kier molecular flexibility index (Phi) is 7.51. The lowest BCUT2D eigenvalue weighted by atomic mass is 10.0. The quantitative estimate of drug-likeness (QED) is 0.453. The third-order valence-electron chi connectivity index (χ3n) is 6.79. The molecular weight excluding hydrogens is 518 g/mol. The van der Waals surface area contributed by atoms with E-state index in [4.69, 9.17) is 0 Å². The summed E-state index contributed by atoms with van der Waals surface area (Å²) in [5, 5.41) is 13.8. The van der Waals surface area contributed by atoms with Gasteiger partial charge in [-0.25, -0.2) is 12.8 Å². The van der Waals surface area contributed by atoms with Gasteiger partial charge >= 0.3 is 6.18 Å². The van der Waals surface area contributed by atoms with Crippen molar-refractivity contribution in [2.24, 2.45) is 5.92 Å². The van der Waals surface area contributed by atoms with E-state index >= 15 is 0 Å². The first-order chi connectivity index (χ1) is 17.3. The number of nitriles is 1. The van der Waals surface area contributed by atoms with E-state index in [2.05, 4.69) is 10.6 Å². The van der Waals surface area contributed by atoms with Crippen LogP contribution in [0.4, 0.5) is 17.6 Å². The number of sulfonamides is 1. The van der Waals surface area contributed by atoms with Crippen molar-refractivity contribution in [3.8, 4) is 6.07 Å². The molecule has 1 heterocycles. The van der Waals surface area contributed by atoms with Crippen LogP contribution in [-0.4, -0.2) is 79.1 Å². The van der Waals surface area contributed by atoms with Crippen molar-refractivity contribution < 1.29 is 35.6 Å². The second-order valence-corrected chi connectivity index (χ2v) is 11.7. The molecule has 3 aliphatic rings. The number of hydrogen-bond acceptors (Lipinski definition) is 6. The average Bonchev–Trinajstić information content (AvgIpc) is 3.77. The molecule has 4 rings (SSSR count). The molecule has 0 bridgehead atoms. The fourth-order valence-corrected chi connectivity index (χ4v) is 5.84. The second kappa shape index (κ2) is 10.2. The van der Waals surface area contributed by atoms with Crippen LogP contribution in [0.15, 0.2) is 24.3 Å². The Balaban J connectivity index is 1.52. The van der Waals surface area contributed by atoms with Gasteiger partial charge in [0.15, 0.2) is 0 Å². The van der Waals surface area contributed by atoms with Crippen molar-refractivity contribution in [2.75, 3.05) is 31.9 Å². The lowest BCUT2D eigenvalue weighted by Gasteiger charge is -2.35. The Morgan fingerprint density at radius 3 is 2.19 bits per heavy atom. The molecule has 2 atom stereocenters. The summed E-state index contributed by atoms with van der Waals surface area (Å²) < 4.78 is 82.7.